The number of hydrogen-bond donors (Lipinski definition) is 1. The summed E-state index contributed by atoms with van der Waals surface area (Å²) in [7, 11) is 1.48. The van der Waals surface area contributed by atoms with Gasteiger partial charge in [-0.05, 0) is 30.2 Å². The largest absolute Gasteiger partial charge is 0.493 e. The van der Waals surface area contributed by atoms with Crippen LogP contribution in [0.15, 0.2) is 36.4 Å². The van der Waals surface area contributed by atoms with Gasteiger partial charge in [-0.15, -0.1) is 0 Å². The first kappa shape index (κ1) is 19.0. The van der Waals surface area contributed by atoms with Crippen LogP contribution in [0.5, 0.6) is 11.5 Å². The number of amides is 1. The van der Waals surface area contributed by atoms with E-state index in [9.17, 15) is 14.7 Å². The van der Waals surface area contributed by atoms with E-state index in [1.165, 1.54) is 18.1 Å². The summed E-state index contributed by atoms with van der Waals surface area (Å²) in [6.45, 7) is 2.52. The summed E-state index contributed by atoms with van der Waals surface area (Å²) in [5.74, 6) is -1.30. The highest BCUT2D eigenvalue weighted by atomic mass is 35.5. The molecule has 0 aliphatic carbocycles. The fourth-order valence-electron chi connectivity index (χ4n) is 3.15. The lowest BCUT2D eigenvalue weighted by atomic mass is 10.0. The van der Waals surface area contributed by atoms with Crippen molar-refractivity contribution in [2.45, 2.75) is 19.3 Å². The molecule has 2 aromatic rings. The number of carbonyl (C=O) groups is 2. The summed E-state index contributed by atoms with van der Waals surface area (Å²) in [4.78, 5) is 26.1. The Balaban J connectivity index is 1.97. The first-order valence-electron chi connectivity index (χ1n) is 8.61. The minimum absolute atomic E-state index is 0.0710. The van der Waals surface area contributed by atoms with E-state index < -0.39 is 11.9 Å². The Hall–Kier alpha value is -2.73. The number of para-hydroxylation sites is 1. The van der Waals surface area contributed by atoms with Crippen molar-refractivity contribution in [3.8, 4) is 11.5 Å². The summed E-state index contributed by atoms with van der Waals surface area (Å²) in [5.41, 5.74) is 1.53. The van der Waals surface area contributed by atoms with Crippen molar-refractivity contribution >= 4 is 29.2 Å². The number of hydrogen-bond acceptors (Lipinski definition) is 4. The van der Waals surface area contributed by atoms with Crippen molar-refractivity contribution in [2.24, 2.45) is 0 Å². The first-order chi connectivity index (χ1) is 13.0. The molecule has 1 aliphatic rings. The van der Waals surface area contributed by atoms with Crippen LogP contribution < -0.4 is 14.4 Å². The van der Waals surface area contributed by atoms with Gasteiger partial charge in [0.25, 0.3) is 5.91 Å². The fraction of sp³-hybridized carbons (Fsp3) is 0.300. The maximum absolute atomic E-state index is 13.1. The van der Waals surface area contributed by atoms with E-state index in [1.807, 2.05) is 6.92 Å². The number of anilines is 1. The molecule has 3 rings (SSSR count). The lowest BCUT2D eigenvalue weighted by Crippen LogP contribution is -2.31. The van der Waals surface area contributed by atoms with Crippen molar-refractivity contribution in [3.05, 3.63) is 52.5 Å². The van der Waals surface area contributed by atoms with Crippen molar-refractivity contribution < 1.29 is 24.2 Å². The van der Waals surface area contributed by atoms with Crippen LogP contribution in [-0.2, 0) is 4.79 Å². The quantitative estimate of drug-likeness (QED) is 0.809. The zero-order chi connectivity index (χ0) is 19.6. The van der Waals surface area contributed by atoms with Gasteiger partial charge in [-0.3, -0.25) is 9.59 Å². The van der Waals surface area contributed by atoms with Crippen LogP contribution in [0.1, 0.15) is 35.2 Å². The summed E-state index contributed by atoms with van der Waals surface area (Å²) in [6, 6.07) is 10.1. The number of fused-ring (bicyclic) bond motifs is 1. The van der Waals surface area contributed by atoms with E-state index in [0.29, 0.717) is 34.9 Å². The van der Waals surface area contributed by atoms with Crippen LogP contribution in [-0.4, -0.2) is 37.2 Å². The molecule has 1 N–H and O–H groups in total. The molecule has 7 heteroatoms. The Kier molecular flexibility index (Phi) is 5.56. The molecule has 1 atom stereocenters. The van der Waals surface area contributed by atoms with Gasteiger partial charge in [-0.25, -0.2) is 0 Å². The molecule has 0 saturated carbocycles. The topological polar surface area (TPSA) is 76.1 Å². The molecule has 142 valence electrons. The number of ether oxygens (including phenoxy) is 2. The fourth-order valence-corrected chi connectivity index (χ4v) is 3.42. The lowest BCUT2D eigenvalue weighted by molar-refractivity contribution is -0.138. The highest BCUT2D eigenvalue weighted by Gasteiger charge is 2.37. The van der Waals surface area contributed by atoms with Gasteiger partial charge in [0, 0.05) is 17.8 Å². The first-order valence-corrected chi connectivity index (χ1v) is 8.99. The average molecular weight is 390 g/mol. The van der Waals surface area contributed by atoms with Gasteiger partial charge in [-0.2, -0.15) is 0 Å². The molecular weight excluding hydrogens is 370 g/mol. The maximum Gasteiger partial charge on any atom is 0.312 e. The van der Waals surface area contributed by atoms with Gasteiger partial charge in [0.1, 0.15) is 5.92 Å². The maximum atomic E-state index is 13.1. The number of carboxylic acids is 1. The van der Waals surface area contributed by atoms with E-state index >= 15 is 0 Å². The standard InChI is InChI=1S/C20H20ClNO5/c1-3-8-27-18-15(21)9-12(10-17(18)26-2)19(23)22-11-14(20(24)25)13-6-4-5-7-16(13)22/h4-7,9-10,14H,3,8,11H2,1-2H3,(H,24,25). The monoisotopic (exact) mass is 389 g/mol. The van der Waals surface area contributed by atoms with E-state index in [1.54, 1.807) is 30.3 Å². The second-order valence-corrected chi connectivity index (χ2v) is 6.61. The van der Waals surface area contributed by atoms with E-state index in [2.05, 4.69) is 0 Å². The molecule has 0 aromatic heterocycles. The third-order valence-corrected chi connectivity index (χ3v) is 4.72. The summed E-state index contributed by atoms with van der Waals surface area (Å²) in [5, 5.41) is 9.75. The Bertz CT molecular complexity index is 883. The molecule has 6 nitrogen and oxygen atoms in total. The third-order valence-electron chi connectivity index (χ3n) is 4.44. The van der Waals surface area contributed by atoms with Crippen LogP contribution in [0.2, 0.25) is 5.02 Å². The van der Waals surface area contributed by atoms with Crippen molar-refractivity contribution in [3.63, 3.8) is 0 Å². The number of halogens is 1. The number of rotatable bonds is 6. The molecule has 1 aliphatic heterocycles. The molecule has 0 spiro atoms. The van der Waals surface area contributed by atoms with Crippen LogP contribution in [0.4, 0.5) is 5.69 Å². The minimum Gasteiger partial charge on any atom is -0.493 e. The molecule has 1 heterocycles. The van der Waals surface area contributed by atoms with Crippen LogP contribution in [0.3, 0.4) is 0 Å². The van der Waals surface area contributed by atoms with Crippen molar-refractivity contribution in [2.75, 3.05) is 25.2 Å². The van der Waals surface area contributed by atoms with E-state index in [0.717, 1.165) is 6.42 Å². The Morgan fingerprint density at radius 2 is 2.04 bits per heavy atom. The summed E-state index contributed by atoms with van der Waals surface area (Å²) >= 11 is 6.31. The van der Waals surface area contributed by atoms with Crippen molar-refractivity contribution in [1.82, 2.24) is 0 Å². The van der Waals surface area contributed by atoms with Gasteiger partial charge in [0.05, 0.1) is 18.7 Å². The molecular formula is C20H20ClNO5. The molecule has 27 heavy (non-hydrogen) atoms. The lowest BCUT2D eigenvalue weighted by Gasteiger charge is -2.19. The summed E-state index contributed by atoms with van der Waals surface area (Å²) in [6.07, 6.45) is 0.807. The highest BCUT2D eigenvalue weighted by Crippen LogP contribution is 2.40. The SMILES string of the molecule is CCCOc1c(Cl)cc(C(=O)N2CC(C(=O)O)c3ccccc32)cc1OC. The molecule has 2 aromatic carbocycles. The van der Waals surface area contributed by atoms with Gasteiger partial charge < -0.3 is 19.5 Å². The Labute approximate surface area is 162 Å². The zero-order valence-corrected chi connectivity index (χ0v) is 15.8. The number of benzene rings is 2. The van der Waals surface area contributed by atoms with Crippen LogP contribution in [0, 0.1) is 0 Å². The number of aliphatic carboxylic acids is 1. The van der Waals surface area contributed by atoms with E-state index in [4.69, 9.17) is 21.1 Å². The number of carboxylic acid groups (broad SMARTS) is 1. The molecule has 1 amide bonds. The number of methoxy groups -OCH3 is 1. The Morgan fingerprint density at radius 3 is 2.70 bits per heavy atom. The third kappa shape index (κ3) is 3.57. The molecule has 0 radical (unpaired) electrons. The van der Waals surface area contributed by atoms with Crippen LogP contribution in [0.25, 0.3) is 0 Å². The normalized spacial score (nSPS) is 15.4. The Morgan fingerprint density at radius 1 is 1.30 bits per heavy atom. The van der Waals surface area contributed by atoms with Gasteiger partial charge in [-0.1, -0.05) is 36.7 Å². The summed E-state index contributed by atoms with van der Waals surface area (Å²) < 4.78 is 10.9. The minimum atomic E-state index is -0.961. The highest BCUT2D eigenvalue weighted by molar-refractivity contribution is 6.33. The van der Waals surface area contributed by atoms with Crippen molar-refractivity contribution in [1.29, 1.82) is 0 Å². The molecule has 0 bridgehead atoms. The number of nitrogens with zero attached hydrogens (tertiary/aromatic N) is 1. The smallest absolute Gasteiger partial charge is 0.312 e. The predicted molar refractivity (Wildman–Crippen MR) is 102 cm³/mol. The van der Waals surface area contributed by atoms with Gasteiger partial charge in [0.15, 0.2) is 11.5 Å². The molecule has 0 saturated heterocycles. The number of carbonyl (C=O) groups excluding carboxylic acids is 1. The van der Waals surface area contributed by atoms with Crippen LogP contribution >= 0.6 is 11.6 Å². The second kappa shape index (κ2) is 7.88. The molecule has 0 fully saturated rings. The molecule has 1 unspecified atom stereocenters. The second-order valence-electron chi connectivity index (χ2n) is 6.20. The van der Waals surface area contributed by atoms with E-state index in [-0.39, 0.29) is 17.5 Å². The average Bonchev–Trinajstić information content (AvgIpc) is 3.06. The zero-order valence-electron chi connectivity index (χ0n) is 15.1. The predicted octanol–water partition coefficient (Wildman–Crippen LogP) is 3.97. The van der Waals surface area contributed by atoms with Gasteiger partial charge in [0.2, 0.25) is 0 Å². The van der Waals surface area contributed by atoms with Gasteiger partial charge >= 0.3 is 5.97 Å².